The third-order valence-electron chi connectivity index (χ3n) is 4.21. The van der Waals surface area contributed by atoms with Gasteiger partial charge < -0.3 is 14.5 Å². The van der Waals surface area contributed by atoms with Crippen molar-refractivity contribution >= 4 is 22.6 Å². The molecule has 2 aromatic carbocycles. The number of ether oxygens (including phenoxy) is 1. The number of benzene rings is 2. The van der Waals surface area contributed by atoms with Crippen molar-refractivity contribution in [1.82, 2.24) is 0 Å². The summed E-state index contributed by atoms with van der Waals surface area (Å²) in [5.41, 5.74) is 3.90. The first kappa shape index (κ1) is 17.1. The standard InChI is InChI=1S/C21H23NO3/c1-3-24-21(23)20-15(2)18-14-17(11-12-19(18)25-20)22-13-7-10-16-8-5-4-6-9-16/h4-6,8-9,11-12,14,22H,3,7,10,13H2,1-2H3. The molecule has 0 spiro atoms. The van der Waals surface area contributed by atoms with Crippen LogP contribution < -0.4 is 5.32 Å². The summed E-state index contributed by atoms with van der Waals surface area (Å²) in [5.74, 6) is -0.119. The molecule has 3 aromatic rings. The number of fused-ring (bicyclic) bond motifs is 1. The van der Waals surface area contributed by atoms with Crippen molar-refractivity contribution in [2.45, 2.75) is 26.7 Å². The molecule has 0 radical (unpaired) electrons. The summed E-state index contributed by atoms with van der Waals surface area (Å²) in [7, 11) is 0. The fourth-order valence-corrected chi connectivity index (χ4v) is 2.89. The minimum Gasteiger partial charge on any atom is -0.460 e. The van der Waals surface area contributed by atoms with Crippen molar-refractivity contribution in [3.8, 4) is 0 Å². The Morgan fingerprint density at radius 3 is 2.72 bits per heavy atom. The molecule has 0 saturated heterocycles. The molecule has 0 unspecified atom stereocenters. The van der Waals surface area contributed by atoms with E-state index in [-0.39, 0.29) is 5.76 Å². The normalized spacial score (nSPS) is 10.8. The molecular weight excluding hydrogens is 314 g/mol. The van der Waals surface area contributed by atoms with Crippen LogP contribution in [0.25, 0.3) is 11.0 Å². The predicted octanol–water partition coefficient (Wildman–Crippen LogP) is 4.96. The summed E-state index contributed by atoms with van der Waals surface area (Å²) in [6.45, 7) is 4.90. The number of hydrogen-bond donors (Lipinski definition) is 1. The van der Waals surface area contributed by atoms with E-state index < -0.39 is 5.97 Å². The summed E-state index contributed by atoms with van der Waals surface area (Å²) in [5, 5.41) is 4.38. The maximum Gasteiger partial charge on any atom is 0.374 e. The number of esters is 1. The van der Waals surface area contributed by atoms with Gasteiger partial charge in [-0.05, 0) is 50.5 Å². The molecule has 0 bridgehead atoms. The highest BCUT2D eigenvalue weighted by Gasteiger charge is 2.18. The Labute approximate surface area is 147 Å². The van der Waals surface area contributed by atoms with Gasteiger partial charge in [-0.2, -0.15) is 0 Å². The molecule has 130 valence electrons. The lowest BCUT2D eigenvalue weighted by molar-refractivity contribution is 0.0491. The van der Waals surface area contributed by atoms with Gasteiger partial charge in [0.1, 0.15) is 5.58 Å². The van der Waals surface area contributed by atoms with Gasteiger partial charge in [-0.15, -0.1) is 0 Å². The molecule has 1 heterocycles. The van der Waals surface area contributed by atoms with Crippen LogP contribution in [0, 0.1) is 6.92 Å². The molecule has 0 atom stereocenters. The van der Waals surface area contributed by atoms with Gasteiger partial charge in [-0.25, -0.2) is 4.79 Å². The number of furan rings is 1. The van der Waals surface area contributed by atoms with Crippen molar-refractivity contribution in [3.63, 3.8) is 0 Å². The fourth-order valence-electron chi connectivity index (χ4n) is 2.89. The van der Waals surface area contributed by atoms with Crippen LogP contribution in [0.4, 0.5) is 5.69 Å². The van der Waals surface area contributed by atoms with Gasteiger partial charge in [0, 0.05) is 23.2 Å². The van der Waals surface area contributed by atoms with Crippen molar-refractivity contribution in [2.75, 3.05) is 18.5 Å². The van der Waals surface area contributed by atoms with Gasteiger partial charge in [0.25, 0.3) is 0 Å². The second-order valence-electron chi connectivity index (χ2n) is 6.00. The van der Waals surface area contributed by atoms with Crippen LogP contribution in [0.5, 0.6) is 0 Å². The van der Waals surface area contributed by atoms with E-state index in [0.29, 0.717) is 12.2 Å². The topological polar surface area (TPSA) is 51.5 Å². The third kappa shape index (κ3) is 4.02. The molecule has 1 aromatic heterocycles. The molecule has 0 aliphatic carbocycles. The maximum atomic E-state index is 11.9. The molecule has 0 amide bonds. The molecule has 1 N–H and O–H groups in total. The number of aryl methyl sites for hydroxylation is 2. The minimum atomic E-state index is -0.409. The zero-order valence-electron chi connectivity index (χ0n) is 14.7. The molecule has 4 nitrogen and oxygen atoms in total. The van der Waals surface area contributed by atoms with Gasteiger partial charge in [0.2, 0.25) is 5.76 Å². The number of hydrogen-bond acceptors (Lipinski definition) is 4. The summed E-state index contributed by atoms with van der Waals surface area (Å²) in [4.78, 5) is 11.9. The van der Waals surface area contributed by atoms with Gasteiger partial charge in [0.15, 0.2) is 0 Å². The Kier molecular flexibility index (Phi) is 5.39. The first-order valence-electron chi connectivity index (χ1n) is 8.67. The number of rotatable bonds is 7. The Hall–Kier alpha value is -2.75. The smallest absolute Gasteiger partial charge is 0.374 e. The Bertz CT molecular complexity index is 852. The van der Waals surface area contributed by atoms with E-state index >= 15 is 0 Å². The van der Waals surface area contributed by atoms with Crippen molar-refractivity contribution in [1.29, 1.82) is 0 Å². The molecule has 4 heteroatoms. The van der Waals surface area contributed by atoms with Crippen LogP contribution in [0.1, 0.15) is 35.0 Å². The highest BCUT2D eigenvalue weighted by Crippen LogP contribution is 2.28. The van der Waals surface area contributed by atoms with Crippen LogP contribution >= 0.6 is 0 Å². The van der Waals surface area contributed by atoms with Gasteiger partial charge >= 0.3 is 5.97 Å². The zero-order valence-corrected chi connectivity index (χ0v) is 14.7. The van der Waals surface area contributed by atoms with Crippen molar-refractivity contribution in [2.24, 2.45) is 0 Å². The van der Waals surface area contributed by atoms with E-state index in [1.54, 1.807) is 6.92 Å². The molecule has 0 saturated carbocycles. The van der Waals surface area contributed by atoms with Crippen molar-refractivity contribution in [3.05, 3.63) is 65.4 Å². The molecule has 3 rings (SSSR count). The average Bonchev–Trinajstić information content (AvgIpc) is 2.96. The lowest BCUT2D eigenvalue weighted by Crippen LogP contribution is -2.04. The summed E-state index contributed by atoms with van der Waals surface area (Å²) in [6, 6.07) is 16.4. The Morgan fingerprint density at radius 1 is 1.16 bits per heavy atom. The monoisotopic (exact) mass is 337 g/mol. The molecule has 0 aliphatic heterocycles. The van der Waals surface area contributed by atoms with E-state index in [0.717, 1.165) is 36.0 Å². The van der Waals surface area contributed by atoms with Crippen LogP contribution in [0.15, 0.2) is 52.9 Å². The number of carbonyl (C=O) groups excluding carboxylic acids is 1. The number of carbonyl (C=O) groups is 1. The van der Waals surface area contributed by atoms with Crippen LogP contribution in [0.2, 0.25) is 0 Å². The summed E-state index contributed by atoms with van der Waals surface area (Å²) >= 11 is 0. The van der Waals surface area contributed by atoms with Gasteiger partial charge in [0.05, 0.1) is 6.61 Å². The van der Waals surface area contributed by atoms with Crippen LogP contribution in [0.3, 0.4) is 0 Å². The molecule has 0 fully saturated rings. The number of anilines is 1. The quantitative estimate of drug-likeness (QED) is 0.489. The zero-order chi connectivity index (χ0) is 17.6. The summed E-state index contributed by atoms with van der Waals surface area (Å²) < 4.78 is 10.7. The van der Waals surface area contributed by atoms with E-state index in [1.807, 2.05) is 31.2 Å². The van der Waals surface area contributed by atoms with Crippen molar-refractivity contribution < 1.29 is 13.9 Å². The second kappa shape index (κ2) is 7.88. The van der Waals surface area contributed by atoms with E-state index in [9.17, 15) is 4.79 Å². The van der Waals surface area contributed by atoms with Gasteiger partial charge in [-0.1, -0.05) is 30.3 Å². The summed E-state index contributed by atoms with van der Waals surface area (Å²) in [6.07, 6.45) is 2.11. The minimum absolute atomic E-state index is 0.290. The largest absolute Gasteiger partial charge is 0.460 e. The lowest BCUT2D eigenvalue weighted by Gasteiger charge is -2.06. The average molecular weight is 337 g/mol. The first-order valence-corrected chi connectivity index (χ1v) is 8.67. The second-order valence-corrected chi connectivity index (χ2v) is 6.00. The number of nitrogens with one attached hydrogen (secondary N) is 1. The SMILES string of the molecule is CCOC(=O)c1oc2ccc(NCCCc3ccccc3)cc2c1C. The van der Waals surface area contributed by atoms with E-state index in [4.69, 9.17) is 9.15 Å². The van der Waals surface area contributed by atoms with Crippen LogP contribution in [-0.4, -0.2) is 19.1 Å². The van der Waals surface area contributed by atoms with E-state index in [2.05, 4.69) is 29.6 Å². The van der Waals surface area contributed by atoms with E-state index in [1.165, 1.54) is 5.56 Å². The highest BCUT2D eigenvalue weighted by molar-refractivity contribution is 5.96. The molecule has 25 heavy (non-hydrogen) atoms. The molecular formula is C21H23NO3. The fraction of sp³-hybridized carbons (Fsp3) is 0.286. The Morgan fingerprint density at radius 2 is 1.96 bits per heavy atom. The van der Waals surface area contributed by atoms with Crippen LogP contribution in [-0.2, 0) is 11.2 Å². The third-order valence-corrected chi connectivity index (χ3v) is 4.21. The maximum absolute atomic E-state index is 11.9. The first-order chi connectivity index (χ1) is 12.2. The predicted molar refractivity (Wildman–Crippen MR) is 100 cm³/mol. The van der Waals surface area contributed by atoms with Gasteiger partial charge in [-0.3, -0.25) is 0 Å². The lowest BCUT2D eigenvalue weighted by atomic mass is 10.1. The highest BCUT2D eigenvalue weighted by atomic mass is 16.5. The Balaban J connectivity index is 1.64. The molecule has 0 aliphatic rings.